The molecule has 1 aromatic carbocycles. The molecule has 15 heavy (non-hydrogen) atoms. The molecule has 0 spiro atoms. The largest absolute Gasteiger partial charge is 0.399 e. The first-order chi connectivity index (χ1) is 7.22. The van der Waals surface area contributed by atoms with Crippen LogP contribution < -0.4 is 5.73 Å². The molecule has 2 aromatic rings. The second kappa shape index (κ2) is 3.81. The van der Waals surface area contributed by atoms with Gasteiger partial charge in [-0.3, -0.25) is 0 Å². The first-order valence-corrected chi connectivity index (χ1v) is 5.26. The third kappa shape index (κ3) is 1.75. The number of anilines is 1. The highest BCUT2D eigenvalue weighted by atomic mass is 14.7. The number of aryl methyl sites for hydroxylation is 1. The van der Waals surface area contributed by atoms with E-state index in [0.717, 1.165) is 17.6 Å². The van der Waals surface area contributed by atoms with Gasteiger partial charge in [0.1, 0.15) is 0 Å². The Labute approximate surface area is 89.8 Å². The maximum atomic E-state index is 5.77. The quantitative estimate of drug-likeness (QED) is 0.716. The van der Waals surface area contributed by atoms with Crippen LogP contribution in [0.3, 0.4) is 0 Å². The van der Waals surface area contributed by atoms with Crippen molar-refractivity contribution in [3.05, 3.63) is 35.5 Å². The Kier molecular flexibility index (Phi) is 2.50. The van der Waals surface area contributed by atoms with Crippen molar-refractivity contribution in [2.24, 2.45) is 0 Å². The Morgan fingerprint density at radius 3 is 2.93 bits per heavy atom. The average molecular weight is 200 g/mol. The zero-order valence-electron chi connectivity index (χ0n) is 9.17. The zero-order chi connectivity index (χ0) is 10.8. The van der Waals surface area contributed by atoms with Gasteiger partial charge >= 0.3 is 0 Å². The van der Waals surface area contributed by atoms with Gasteiger partial charge in [-0.15, -0.1) is 0 Å². The van der Waals surface area contributed by atoms with Crippen molar-refractivity contribution in [2.75, 3.05) is 5.73 Å². The number of aromatic nitrogens is 1. The van der Waals surface area contributed by atoms with E-state index in [-0.39, 0.29) is 0 Å². The number of nitrogen functional groups attached to an aromatic ring is 1. The van der Waals surface area contributed by atoms with Crippen molar-refractivity contribution in [3.8, 4) is 0 Å². The van der Waals surface area contributed by atoms with Crippen LogP contribution in [-0.4, -0.2) is 4.98 Å². The maximum Gasteiger partial charge on any atom is 0.0462 e. The third-order valence-corrected chi connectivity index (χ3v) is 2.64. The van der Waals surface area contributed by atoms with Gasteiger partial charge in [0.2, 0.25) is 0 Å². The highest BCUT2D eigenvalue weighted by Crippen LogP contribution is 2.24. The van der Waals surface area contributed by atoms with Gasteiger partial charge < -0.3 is 10.7 Å². The number of fused-ring (bicyclic) bond motifs is 1. The smallest absolute Gasteiger partial charge is 0.0462 e. The molecule has 0 saturated carbocycles. The molecule has 0 unspecified atom stereocenters. The number of nitrogens with two attached hydrogens (primary N) is 1. The molecule has 78 valence electrons. The number of hydrogen-bond acceptors (Lipinski definition) is 1. The van der Waals surface area contributed by atoms with E-state index in [2.05, 4.69) is 31.0 Å². The first kappa shape index (κ1) is 9.84. The molecule has 0 aliphatic rings. The lowest BCUT2D eigenvalue weighted by molar-refractivity contribution is 1.23. The summed E-state index contributed by atoms with van der Waals surface area (Å²) in [5, 5.41) is 1.21. The Morgan fingerprint density at radius 1 is 1.40 bits per heavy atom. The number of hydrogen-bond donors (Lipinski definition) is 2. The van der Waals surface area contributed by atoms with Crippen molar-refractivity contribution in [1.82, 2.24) is 4.98 Å². The number of aromatic amines is 1. The van der Waals surface area contributed by atoms with Crippen LogP contribution in [-0.2, 0) is 0 Å². The van der Waals surface area contributed by atoms with E-state index in [0.29, 0.717) is 0 Å². The van der Waals surface area contributed by atoms with Gasteiger partial charge in [0, 0.05) is 22.3 Å². The Bertz CT molecular complexity index is 506. The summed E-state index contributed by atoms with van der Waals surface area (Å²) in [5.74, 6) is 0. The lowest BCUT2D eigenvalue weighted by Gasteiger charge is -1.93. The molecule has 0 aliphatic heterocycles. The molecule has 0 saturated heterocycles. The zero-order valence-corrected chi connectivity index (χ0v) is 9.17. The molecule has 0 fully saturated rings. The number of nitrogens with one attached hydrogen (secondary N) is 1. The van der Waals surface area contributed by atoms with E-state index in [1.807, 2.05) is 18.2 Å². The summed E-state index contributed by atoms with van der Waals surface area (Å²) in [4.78, 5) is 3.38. The molecule has 0 atom stereocenters. The van der Waals surface area contributed by atoms with Crippen LogP contribution >= 0.6 is 0 Å². The van der Waals surface area contributed by atoms with Crippen LogP contribution in [0.25, 0.3) is 17.0 Å². The summed E-state index contributed by atoms with van der Waals surface area (Å²) in [6, 6.07) is 5.97. The Hall–Kier alpha value is -1.70. The molecule has 1 heterocycles. The summed E-state index contributed by atoms with van der Waals surface area (Å²) >= 11 is 0. The Morgan fingerprint density at radius 2 is 2.20 bits per heavy atom. The number of benzene rings is 1. The molecule has 0 amide bonds. The summed E-state index contributed by atoms with van der Waals surface area (Å²) in [6.45, 7) is 4.25. The third-order valence-electron chi connectivity index (χ3n) is 2.64. The van der Waals surface area contributed by atoms with E-state index in [1.54, 1.807) is 0 Å². The van der Waals surface area contributed by atoms with E-state index in [1.165, 1.54) is 16.6 Å². The lowest BCUT2D eigenvalue weighted by Crippen LogP contribution is -1.82. The maximum absolute atomic E-state index is 5.77. The molecule has 2 heteroatoms. The van der Waals surface area contributed by atoms with Crippen LogP contribution in [0.5, 0.6) is 0 Å². The van der Waals surface area contributed by atoms with Crippen molar-refractivity contribution >= 4 is 22.7 Å². The molecule has 0 aliphatic carbocycles. The van der Waals surface area contributed by atoms with Gasteiger partial charge in [0.25, 0.3) is 0 Å². The predicted molar refractivity (Wildman–Crippen MR) is 66.8 cm³/mol. The van der Waals surface area contributed by atoms with Gasteiger partial charge in [0.15, 0.2) is 0 Å². The number of rotatable bonds is 2. The van der Waals surface area contributed by atoms with Gasteiger partial charge in [-0.1, -0.05) is 13.0 Å². The summed E-state index contributed by atoms with van der Waals surface area (Å²) in [6.07, 6.45) is 5.34. The lowest BCUT2D eigenvalue weighted by atomic mass is 10.1. The average Bonchev–Trinajstić information content (AvgIpc) is 2.53. The van der Waals surface area contributed by atoms with E-state index in [4.69, 9.17) is 5.73 Å². The van der Waals surface area contributed by atoms with E-state index >= 15 is 0 Å². The standard InChI is InChI=1S/C13H16N2/c1-3-4-5-12-9(2)11-8-10(14)6-7-13(11)15-12/h4-8,15H,3,14H2,1-2H3/b5-4-. The van der Waals surface area contributed by atoms with Crippen LogP contribution in [0.4, 0.5) is 5.69 Å². The van der Waals surface area contributed by atoms with Crippen LogP contribution in [0.2, 0.25) is 0 Å². The minimum absolute atomic E-state index is 0.815. The molecule has 1 aromatic heterocycles. The van der Waals surface area contributed by atoms with Crippen molar-refractivity contribution < 1.29 is 0 Å². The van der Waals surface area contributed by atoms with Crippen molar-refractivity contribution in [1.29, 1.82) is 0 Å². The van der Waals surface area contributed by atoms with Gasteiger partial charge in [-0.25, -0.2) is 0 Å². The second-order valence-electron chi connectivity index (χ2n) is 3.78. The SMILES string of the molecule is CC/C=C\c1[nH]c2ccc(N)cc2c1C. The molecule has 0 radical (unpaired) electrons. The predicted octanol–water partition coefficient (Wildman–Crippen LogP) is 3.48. The van der Waals surface area contributed by atoms with E-state index < -0.39 is 0 Å². The summed E-state index contributed by atoms with van der Waals surface area (Å²) < 4.78 is 0. The van der Waals surface area contributed by atoms with Gasteiger partial charge in [-0.05, 0) is 43.2 Å². The van der Waals surface area contributed by atoms with Gasteiger partial charge in [0.05, 0.1) is 0 Å². The van der Waals surface area contributed by atoms with Crippen molar-refractivity contribution in [2.45, 2.75) is 20.3 Å². The number of allylic oxidation sites excluding steroid dienone is 1. The normalized spacial score (nSPS) is 11.6. The topological polar surface area (TPSA) is 41.8 Å². The van der Waals surface area contributed by atoms with E-state index in [9.17, 15) is 0 Å². The fourth-order valence-corrected chi connectivity index (χ4v) is 1.77. The molecular formula is C13H16N2. The summed E-state index contributed by atoms with van der Waals surface area (Å²) in [7, 11) is 0. The van der Waals surface area contributed by atoms with Crippen LogP contribution in [0.1, 0.15) is 24.6 Å². The molecule has 2 rings (SSSR count). The Balaban J connectivity index is 2.59. The number of H-pyrrole nitrogens is 1. The van der Waals surface area contributed by atoms with Crippen molar-refractivity contribution in [3.63, 3.8) is 0 Å². The fraction of sp³-hybridized carbons (Fsp3) is 0.231. The fourth-order valence-electron chi connectivity index (χ4n) is 1.77. The first-order valence-electron chi connectivity index (χ1n) is 5.26. The second-order valence-corrected chi connectivity index (χ2v) is 3.78. The highest BCUT2D eigenvalue weighted by Gasteiger charge is 2.04. The monoisotopic (exact) mass is 200 g/mol. The molecule has 2 nitrogen and oxygen atoms in total. The van der Waals surface area contributed by atoms with Gasteiger partial charge in [-0.2, -0.15) is 0 Å². The summed E-state index contributed by atoms with van der Waals surface area (Å²) in [5.41, 5.74) is 10.2. The molecular weight excluding hydrogens is 184 g/mol. The van der Waals surface area contributed by atoms with Crippen LogP contribution in [0.15, 0.2) is 24.3 Å². The molecule has 3 N–H and O–H groups in total. The van der Waals surface area contributed by atoms with Crippen LogP contribution in [0, 0.1) is 6.92 Å². The minimum Gasteiger partial charge on any atom is -0.399 e. The molecule has 0 bridgehead atoms. The highest BCUT2D eigenvalue weighted by molar-refractivity contribution is 5.89. The minimum atomic E-state index is 0.815.